The van der Waals surface area contributed by atoms with Gasteiger partial charge in [-0.3, -0.25) is 0 Å². The molecule has 0 bridgehead atoms. The van der Waals surface area contributed by atoms with Crippen LogP contribution in [0.25, 0.3) is 5.83 Å². The maximum absolute atomic E-state index is 14.8. The number of ether oxygens (including phenoxy) is 1. The molecule has 1 aliphatic carbocycles. The second-order valence-electron chi connectivity index (χ2n) is 8.18. The van der Waals surface area contributed by atoms with E-state index in [1.54, 1.807) is 0 Å². The lowest BCUT2D eigenvalue weighted by molar-refractivity contribution is 0.162. The first-order chi connectivity index (χ1) is 13.0. The Bertz CT molecular complexity index is 674. The maximum atomic E-state index is 14.8. The molecule has 0 radical (unpaired) electrons. The number of hydrogen-bond donors (Lipinski definition) is 0. The summed E-state index contributed by atoms with van der Waals surface area (Å²) in [5.41, 5.74) is 0.521. The van der Waals surface area contributed by atoms with E-state index in [1.807, 2.05) is 0 Å². The average Bonchev–Trinajstić information content (AvgIpc) is 2.67. The zero-order valence-electron chi connectivity index (χ0n) is 16.5. The summed E-state index contributed by atoms with van der Waals surface area (Å²) in [6, 6.07) is 2.68. The fourth-order valence-electron chi connectivity index (χ4n) is 4.57. The van der Waals surface area contributed by atoms with Gasteiger partial charge in [0.1, 0.15) is 17.4 Å². The summed E-state index contributed by atoms with van der Waals surface area (Å²) in [5, 5.41) is 0. The molecule has 0 saturated heterocycles. The van der Waals surface area contributed by atoms with E-state index in [2.05, 4.69) is 13.8 Å². The highest BCUT2D eigenvalue weighted by Crippen LogP contribution is 2.41. The molecule has 0 spiro atoms. The molecule has 1 nitrogen and oxygen atoms in total. The highest BCUT2D eigenvalue weighted by atomic mass is 19.2. The van der Waals surface area contributed by atoms with Gasteiger partial charge in [0.2, 0.25) is 0 Å². The lowest BCUT2D eigenvalue weighted by atomic mass is 9.79. The summed E-state index contributed by atoms with van der Waals surface area (Å²) in [5.74, 6) is -1.85. The van der Waals surface area contributed by atoms with Crippen molar-refractivity contribution in [3.8, 4) is 5.75 Å². The fraction of sp³-hybridized carbons (Fsp3) is 0.652. The molecule has 0 amide bonds. The molecule has 1 unspecified atom stereocenters. The van der Waals surface area contributed by atoms with Crippen molar-refractivity contribution in [3.63, 3.8) is 0 Å². The van der Waals surface area contributed by atoms with Crippen LogP contribution in [0.5, 0.6) is 5.75 Å². The molecule has 1 aromatic carbocycles. The van der Waals surface area contributed by atoms with Gasteiger partial charge in [-0.1, -0.05) is 33.1 Å². The number of aryl methyl sites for hydroxylation is 1. The van der Waals surface area contributed by atoms with Gasteiger partial charge in [0.15, 0.2) is 5.83 Å². The number of hydrogen-bond acceptors (Lipinski definition) is 1. The fourth-order valence-corrected chi connectivity index (χ4v) is 4.57. The lowest BCUT2D eigenvalue weighted by Crippen LogP contribution is -2.22. The van der Waals surface area contributed by atoms with Gasteiger partial charge in [0.25, 0.3) is 0 Å². The molecule has 4 heteroatoms. The minimum Gasteiger partial charge on any atom is -0.490 e. The minimum atomic E-state index is -1.02. The number of fused-ring (bicyclic) bond motifs is 1. The van der Waals surface area contributed by atoms with Crippen LogP contribution >= 0.6 is 0 Å². The molecule has 1 fully saturated rings. The van der Waals surface area contributed by atoms with E-state index >= 15 is 0 Å². The van der Waals surface area contributed by atoms with Crippen LogP contribution in [-0.2, 0) is 6.42 Å². The second-order valence-corrected chi connectivity index (χ2v) is 8.18. The summed E-state index contributed by atoms with van der Waals surface area (Å²) in [6.07, 6.45) is 9.00. The molecular weight excluding hydrogens is 349 g/mol. The normalized spacial score (nSPS) is 26.2. The van der Waals surface area contributed by atoms with E-state index in [-0.39, 0.29) is 11.7 Å². The highest BCUT2D eigenvalue weighted by molar-refractivity contribution is 5.64. The van der Waals surface area contributed by atoms with Crippen molar-refractivity contribution >= 4 is 5.83 Å². The molecule has 1 atom stereocenters. The van der Waals surface area contributed by atoms with Crippen molar-refractivity contribution < 1.29 is 17.9 Å². The van der Waals surface area contributed by atoms with Gasteiger partial charge in [-0.25, -0.2) is 13.2 Å². The van der Waals surface area contributed by atoms with Crippen molar-refractivity contribution in [1.29, 1.82) is 0 Å². The van der Waals surface area contributed by atoms with Crippen LogP contribution in [0.3, 0.4) is 0 Å². The Morgan fingerprint density at radius 1 is 1.00 bits per heavy atom. The summed E-state index contributed by atoms with van der Waals surface area (Å²) in [4.78, 5) is 0. The number of halogens is 3. The van der Waals surface area contributed by atoms with E-state index in [1.165, 1.54) is 12.1 Å². The Morgan fingerprint density at radius 3 is 2.37 bits per heavy atom. The molecule has 1 aliphatic heterocycles. The summed E-state index contributed by atoms with van der Waals surface area (Å²) in [6.45, 7) is 4.24. The third-order valence-corrected chi connectivity index (χ3v) is 6.14. The third kappa shape index (κ3) is 4.70. The van der Waals surface area contributed by atoms with Gasteiger partial charge in [-0.15, -0.1) is 0 Å². The Balaban J connectivity index is 1.76. The van der Waals surface area contributed by atoms with Gasteiger partial charge in [-0.05, 0) is 62.5 Å². The topological polar surface area (TPSA) is 9.23 Å². The van der Waals surface area contributed by atoms with Crippen LogP contribution in [-0.4, -0.2) is 6.10 Å². The molecule has 150 valence electrons. The summed E-state index contributed by atoms with van der Waals surface area (Å²) < 4.78 is 49.9. The molecule has 1 aromatic rings. The lowest BCUT2D eigenvalue weighted by Gasteiger charge is -2.28. The van der Waals surface area contributed by atoms with Crippen LogP contribution in [0.2, 0.25) is 0 Å². The predicted molar refractivity (Wildman–Crippen MR) is 104 cm³/mol. The van der Waals surface area contributed by atoms with Gasteiger partial charge in [-0.2, -0.15) is 0 Å². The summed E-state index contributed by atoms with van der Waals surface area (Å²) in [7, 11) is 0. The number of rotatable bonds is 6. The third-order valence-electron chi connectivity index (χ3n) is 6.14. The first kappa shape index (κ1) is 20.3. The van der Waals surface area contributed by atoms with Crippen LogP contribution in [0.15, 0.2) is 18.0 Å². The molecule has 2 aliphatic rings. The molecule has 0 N–H and O–H groups in total. The van der Waals surface area contributed by atoms with E-state index in [9.17, 15) is 13.2 Å². The first-order valence-electron chi connectivity index (χ1n) is 10.6. The molecule has 1 heterocycles. The van der Waals surface area contributed by atoms with Crippen molar-refractivity contribution in [2.24, 2.45) is 11.8 Å². The van der Waals surface area contributed by atoms with Gasteiger partial charge in [0, 0.05) is 17.5 Å². The van der Waals surface area contributed by atoms with Gasteiger partial charge in [0.05, 0.1) is 6.10 Å². The SMILES string of the molecule is CCCC1CCC(C(F)=C(F)c2cc3c(cc2F)OC(CCC)CC3)CC1. The van der Waals surface area contributed by atoms with Gasteiger partial charge < -0.3 is 4.74 Å². The van der Waals surface area contributed by atoms with Crippen LogP contribution in [0.4, 0.5) is 13.2 Å². The van der Waals surface area contributed by atoms with Gasteiger partial charge >= 0.3 is 0 Å². The van der Waals surface area contributed by atoms with Crippen molar-refractivity contribution in [3.05, 3.63) is 34.9 Å². The quantitative estimate of drug-likeness (QED) is 0.495. The van der Waals surface area contributed by atoms with E-state index in [0.29, 0.717) is 30.9 Å². The van der Waals surface area contributed by atoms with Crippen molar-refractivity contribution in [2.75, 3.05) is 0 Å². The molecule has 3 rings (SSSR count). The van der Waals surface area contributed by atoms with E-state index < -0.39 is 23.4 Å². The van der Waals surface area contributed by atoms with Crippen LogP contribution in [0.1, 0.15) is 82.8 Å². The number of benzene rings is 1. The molecular formula is C23H31F3O. The largest absolute Gasteiger partial charge is 0.490 e. The van der Waals surface area contributed by atoms with E-state index in [4.69, 9.17) is 4.74 Å². The average molecular weight is 380 g/mol. The van der Waals surface area contributed by atoms with Crippen molar-refractivity contribution in [2.45, 2.75) is 84.2 Å². The minimum absolute atomic E-state index is 0.0863. The molecule has 27 heavy (non-hydrogen) atoms. The smallest absolute Gasteiger partial charge is 0.165 e. The maximum Gasteiger partial charge on any atom is 0.165 e. The second kappa shape index (κ2) is 9.16. The van der Waals surface area contributed by atoms with Crippen LogP contribution < -0.4 is 4.74 Å². The Hall–Kier alpha value is -1.45. The Kier molecular flexibility index (Phi) is 6.88. The monoisotopic (exact) mass is 380 g/mol. The molecule has 0 aromatic heterocycles. The Morgan fingerprint density at radius 2 is 1.70 bits per heavy atom. The molecule has 1 saturated carbocycles. The highest BCUT2D eigenvalue weighted by Gasteiger charge is 2.29. The predicted octanol–water partition coefficient (Wildman–Crippen LogP) is 7.53. The van der Waals surface area contributed by atoms with Crippen molar-refractivity contribution in [1.82, 2.24) is 0 Å². The van der Waals surface area contributed by atoms with Crippen LogP contribution in [0, 0.1) is 17.7 Å². The zero-order valence-corrected chi connectivity index (χ0v) is 16.5. The zero-order chi connectivity index (χ0) is 19.4. The Labute approximate surface area is 161 Å². The van der Waals surface area contributed by atoms with E-state index in [0.717, 1.165) is 50.5 Å². The first-order valence-corrected chi connectivity index (χ1v) is 10.6. The standard InChI is InChI=1S/C23H31F3O/c1-3-5-15-7-9-16(10-8-15)22(25)23(26)19-13-17-11-12-18(6-4-2)27-21(17)14-20(19)24/h13-16,18H,3-12H2,1-2H3. The number of allylic oxidation sites excluding steroid dienone is 1. The summed E-state index contributed by atoms with van der Waals surface area (Å²) >= 11 is 0.